The highest BCUT2D eigenvalue weighted by Gasteiger charge is 2.07. The molecule has 0 aromatic heterocycles. The average molecular weight is 340 g/mol. The zero-order valence-electron chi connectivity index (χ0n) is 15.2. The molecular formula is C20H24N2O3. The fourth-order valence-electron chi connectivity index (χ4n) is 2.35. The van der Waals surface area contributed by atoms with E-state index in [-0.39, 0.29) is 5.97 Å². The molecule has 2 aromatic rings. The maximum absolute atomic E-state index is 11.7. The van der Waals surface area contributed by atoms with Crippen LogP contribution in [0, 0.1) is 13.8 Å². The largest absolute Gasteiger partial charge is 0.496 e. The van der Waals surface area contributed by atoms with Gasteiger partial charge in [0.2, 0.25) is 0 Å². The van der Waals surface area contributed by atoms with Crippen LogP contribution in [0.1, 0.15) is 37.3 Å². The lowest BCUT2D eigenvalue weighted by molar-refractivity contribution is -0.134. The van der Waals surface area contributed by atoms with E-state index in [0.29, 0.717) is 17.9 Å². The van der Waals surface area contributed by atoms with E-state index in [1.165, 1.54) is 0 Å². The van der Waals surface area contributed by atoms with Crippen LogP contribution >= 0.6 is 0 Å². The lowest BCUT2D eigenvalue weighted by Crippen LogP contribution is -2.08. The summed E-state index contributed by atoms with van der Waals surface area (Å²) < 4.78 is 10.6. The molecule has 0 amide bonds. The van der Waals surface area contributed by atoms with Gasteiger partial charge in [-0.15, -0.1) is 0 Å². The van der Waals surface area contributed by atoms with Crippen molar-refractivity contribution in [2.75, 3.05) is 7.11 Å². The molecule has 0 N–H and O–H groups in total. The highest BCUT2D eigenvalue weighted by atomic mass is 16.5. The molecule has 0 unspecified atom stereocenters. The van der Waals surface area contributed by atoms with E-state index in [4.69, 9.17) is 9.47 Å². The van der Waals surface area contributed by atoms with Crippen molar-refractivity contribution in [2.45, 2.75) is 40.0 Å². The van der Waals surface area contributed by atoms with Gasteiger partial charge in [0.25, 0.3) is 0 Å². The van der Waals surface area contributed by atoms with Gasteiger partial charge in [-0.2, -0.15) is 10.2 Å². The minimum atomic E-state index is -0.201. The van der Waals surface area contributed by atoms with Gasteiger partial charge in [-0.05, 0) is 67.8 Å². The first-order valence-electron chi connectivity index (χ1n) is 8.41. The Morgan fingerprint density at radius 1 is 0.960 bits per heavy atom. The van der Waals surface area contributed by atoms with Gasteiger partial charge in [0.05, 0.1) is 18.5 Å². The molecule has 0 saturated carbocycles. The molecule has 2 aromatic carbocycles. The molecule has 0 bridgehead atoms. The minimum Gasteiger partial charge on any atom is -0.496 e. The number of azo groups is 1. The summed E-state index contributed by atoms with van der Waals surface area (Å²) in [4.78, 5) is 11.7. The molecule has 25 heavy (non-hydrogen) atoms. The highest BCUT2D eigenvalue weighted by molar-refractivity contribution is 5.73. The van der Waals surface area contributed by atoms with Crippen LogP contribution in [0.3, 0.4) is 0 Å². The fourth-order valence-corrected chi connectivity index (χ4v) is 2.35. The molecule has 0 fully saturated rings. The molecule has 0 radical (unpaired) electrons. The minimum absolute atomic E-state index is 0.201. The Morgan fingerprint density at radius 2 is 1.52 bits per heavy atom. The molecule has 0 aliphatic carbocycles. The molecule has 0 aliphatic rings. The van der Waals surface area contributed by atoms with Crippen molar-refractivity contribution in [3.63, 3.8) is 0 Å². The number of rotatable bonds is 7. The van der Waals surface area contributed by atoms with Gasteiger partial charge in [0.1, 0.15) is 11.5 Å². The summed E-state index contributed by atoms with van der Waals surface area (Å²) in [6, 6.07) is 11.0. The first kappa shape index (κ1) is 18.6. The molecule has 0 saturated heterocycles. The molecule has 0 heterocycles. The number of nitrogens with zero attached hydrogens (tertiary/aromatic N) is 2. The van der Waals surface area contributed by atoms with Gasteiger partial charge >= 0.3 is 5.97 Å². The van der Waals surface area contributed by atoms with Crippen molar-refractivity contribution in [2.24, 2.45) is 10.2 Å². The zero-order chi connectivity index (χ0) is 18.2. The van der Waals surface area contributed by atoms with Gasteiger partial charge in [-0.25, -0.2) is 0 Å². The maximum Gasteiger partial charge on any atom is 0.311 e. The smallest absolute Gasteiger partial charge is 0.311 e. The quantitative estimate of drug-likeness (QED) is 0.362. The second kappa shape index (κ2) is 8.97. The SMILES string of the molecule is CCCCC(=O)Oc1ccc(N=Nc2ccc(OC)c(C)c2)cc1C. The van der Waals surface area contributed by atoms with Crippen LogP contribution < -0.4 is 9.47 Å². The number of carbonyl (C=O) groups is 1. The van der Waals surface area contributed by atoms with Gasteiger partial charge in [-0.1, -0.05) is 13.3 Å². The summed E-state index contributed by atoms with van der Waals surface area (Å²) in [6.45, 7) is 5.89. The Morgan fingerprint density at radius 3 is 2.00 bits per heavy atom. The highest BCUT2D eigenvalue weighted by Crippen LogP contribution is 2.27. The molecule has 132 valence electrons. The van der Waals surface area contributed by atoms with Crippen LogP contribution in [0.4, 0.5) is 11.4 Å². The van der Waals surface area contributed by atoms with Crippen molar-refractivity contribution in [1.29, 1.82) is 0 Å². The molecule has 5 nitrogen and oxygen atoms in total. The summed E-state index contributed by atoms with van der Waals surface area (Å²) in [5.41, 5.74) is 3.32. The number of methoxy groups -OCH3 is 1. The lowest BCUT2D eigenvalue weighted by Gasteiger charge is -2.07. The summed E-state index contributed by atoms with van der Waals surface area (Å²) in [5.74, 6) is 1.19. The molecule has 0 spiro atoms. The van der Waals surface area contributed by atoms with Crippen LogP contribution in [0.5, 0.6) is 11.5 Å². The Kier molecular flexibility index (Phi) is 6.69. The van der Waals surface area contributed by atoms with Gasteiger partial charge < -0.3 is 9.47 Å². The third kappa shape index (κ3) is 5.41. The predicted molar refractivity (Wildman–Crippen MR) is 98.2 cm³/mol. The molecular weight excluding hydrogens is 316 g/mol. The Balaban J connectivity index is 2.07. The first-order valence-corrected chi connectivity index (χ1v) is 8.41. The normalized spacial score (nSPS) is 10.9. The van der Waals surface area contributed by atoms with Crippen molar-refractivity contribution < 1.29 is 14.3 Å². The first-order chi connectivity index (χ1) is 12.0. The van der Waals surface area contributed by atoms with E-state index in [9.17, 15) is 4.79 Å². The van der Waals surface area contributed by atoms with E-state index in [1.54, 1.807) is 19.2 Å². The number of carbonyl (C=O) groups excluding carboxylic acids is 1. The number of benzene rings is 2. The third-order valence-electron chi connectivity index (χ3n) is 3.78. The zero-order valence-corrected chi connectivity index (χ0v) is 15.2. The van der Waals surface area contributed by atoms with Gasteiger partial charge in [0.15, 0.2) is 0 Å². The summed E-state index contributed by atoms with van der Waals surface area (Å²) >= 11 is 0. The van der Waals surface area contributed by atoms with Crippen LogP contribution in [-0.4, -0.2) is 13.1 Å². The topological polar surface area (TPSA) is 60.2 Å². The summed E-state index contributed by atoms with van der Waals surface area (Å²) in [6.07, 6.45) is 2.25. The van der Waals surface area contributed by atoms with E-state index in [2.05, 4.69) is 10.2 Å². The van der Waals surface area contributed by atoms with Crippen molar-refractivity contribution >= 4 is 17.3 Å². The molecule has 5 heteroatoms. The second-order valence-electron chi connectivity index (χ2n) is 5.88. The lowest BCUT2D eigenvalue weighted by atomic mass is 10.2. The average Bonchev–Trinajstić information content (AvgIpc) is 2.60. The molecule has 0 atom stereocenters. The molecule has 0 aliphatic heterocycles. The van der Waals surface area contributed by atoms with Gasteiger partial charge in [0, 0.05) is 6.42 Å². The van der Waals surface area contributed by atoms with E-state index in [0.717, 1.165) is 35.4 Å². The number of esters is 1. The molecule has 2 rings (SSSR count). The third-order valence-corrected chi connectivity index (χ3v) is 3.78. The Hall–Kier alpha value is -2.69. The number of unbranched alkanes of at least 4 members (excludes halogenated alkanes) is 1. The fraction of sp³-hybridized carbons (Fsp3) is 0.350. The maximum atomic E-state index is 11.7. The number of hydrogen-bond donors (Lipinski definition) is 0. The predicted octanol–water partition coefficient (Wildman–Crippen LogP) is 5.82. The summed E-state index contributed by atoms with van der Waals surface area (Å²) in [7, 11) is 1.64. The van der Waals surface area contributed by atoms with Crippen molar-refractivity contribution in [3.05, 3.63) is 47.5 Å². The van der Waals surface area contributed by atoms with E-state index >= 15 is 0 Å². The standard InChI is InChI=1S/C20H24N2O3/c1-5-6-7-20(23)25-19-11-9-17(13-15(19)3)22-21-16-8-10-18(24-4)14(2)12-16/h8-13H,5-7H2,1-4H3. The Labute approximate surface area is 148 Å². The number of hydrogen-bond acceptors (Lipinski definition) is 5. The summed E-state index contributed by atoms with van der Waals surface area (Å²) in [5, 5.41) is 8.49. The Bertz CT molecular complexity index is 770. The van der Waals surface area contributed by atoms with E-state index in [1.807, 2.05) is 45.0 Å². The van der Waals surface area contributed by atoms with E-state index < -0.39 is 0 Å². The van der Waals surface area contributed by atoms with Crippen LogP contribution in [0.25, 0.3) is 0 Å². The van der Waals surface area contributed by atoms with Crippen LogP contribution in [0.2, 0.25) is 0 Å². The van der Waals surface area contributed by atoms with Crippen LogP contribution in [0.15, 0.2) is 46.6 Å². The monoisotopic (exact) mass is 340 g/mol. The van der Waals surface area contributed by atoms with Crippen LogP contribution in [-0.2, 0) is 4.79 Å². The number of aryl methyl sites for hydroxylation is 2. The number of ether oxygens (including phenoxy) is 2. The second-order valence-corrected chi connectivity index (χ2v) is 5.88. The van der Waals surface area contributed by atoms with Crippen molar-refractivity contribution in [3.8, 4) is 11.5 Å². The van der Waals surface area contributed by atoms with Gasteiger partial charge in [-0.3, -0.25) is 4.79 Å². The van der Waals surface area contributed by atoms with Crippen molar-refractivity contribution in [1.82, 2.24) is 0 Å².